The van der Waals surface area contributed by atoms with E-state index in [0.29, 0.717) is 48.0 Å². The minimum Gasteiger partial charge on any atom is -0.492 e. The molecule has 0 unspecified atom stereocenters. The first-order chi connectivity index (χ1) is 14.0. The highest BCUT2D eigenvalue weighted by atomic mass is 32.1. The van der Waals surface area contributed by atoms with Gasteiger partial charge in [-0.15, -0.1) is 5.10 Å². The lowest BCUT2D eigenvalue weighted by molar-refractivity contribution is -0.147. The summed E-state index contributed by atoms with van der Waals surface area (Å²) in [4.78, 5) is 19.9. The number of thiazole rings is 1. The summed E-state index contributed by atoms with van der Waals surface area (Å²) in [5, 5.41) is 15.2. The molecule has 29 heavy (non-hydrogen) atoms. The Morgan fingerprint density at radius 1 is 1.34 bits per heavy atom. The third-order valence-electron chi connectivity index (χ3n) is 5.42. The number of hydrogen-bond donors (Lipinski definition) is 1. The third kappa shape index (κ3) is 3.72. The number of esters is 1. The highest BCUT2D eigenvalue weighted by molar-refractivity contribution is 7.17. The molecule has 1 aromatic carbocycles. The van der Waals surface area contributed by atoms with Gasteiger partial charge in [0.25, 0.3) is 0 Å². The number of rotatable bonds is 5. The lowest BCUT2D eigenvalue weighted by atomic mass is 9.93. The van der Waals surface area contributed by atoms with Gasteiger partial charge in [0.2, 0.25) is 10.8 Å². The van der Waals surface area contributed by atoms with Gasteiger partial charge in [0.1, 0.15) is 5.82 Å². The van der Waals surface area contributed by atoms with Crippen LogP contribution in [0.1, 0.15) is 42.1 Å². The Hall–Kier alpha value is -2.52. The van der Waals surface area contributed by atoms with Gasteiger partial charge < -0.3 is 9.84 Å². The average Bonchev–Trinajstić information content (AvgIpc) is 3.29. The predicted octanol–water partition coefficient (Wildman–Crippen LogP) is 3.17. The molecule has 1 saturated heterocycles. The number of aromatic nitrogens is 3. The van der Waals surface area contributed by atoms with Gasteiger partial charge >= 0.3 is 5.97 Å². The number of fused-ring (bicyclic) bond motifs is 1. The molecule has 3 aromatic rings. The first kappa shape index (κ1) is 19.8. The van der Waals surface area contributed by atoms with Crippen LogP contribution in [0.15, 0.2) is 24.3 Å². The smallest absolute Gasteiger partial charge is 0.308 e. The number of carbonyl (C=O) groups excluding carboxylic acids is 1. The first-order valence-electron chi connectivity index (χ1n) is 9.66. The van der Waals surface area contributed by atoms with Crippen LogP contribution in [0.4, 0.5) is 4.39 Å². The summed E-state index contributed by atoms with van der Waals surface area (Å²) in [6, 6.07) is 6.05. The molecule has 3 heterocycles. The molecule has 1 atom stereocenters. The molecule has 0 radical (unpaired) electrons. The molecule has 1 aliphatic heterocycles. The molecule has 9 heteroatoms. The number of nitrogens with zero attached hydrogens (tertiary/aromatic N) is 4. The number of methoxy groups -OCH3 is 1. The number of benzene rings is 1. The Morgan fingerprint density at radius 3 is 2.62 bits per heavy atom. The van der Waals surface area contributed by atoms with Crippen LogP contribution >= 0.6 is 11.3 Å². The molecule has 154 valence electrons. The number of likely N-dealkylation sites (tertiary alicyclic amines) is 1. The molecule has 1 fully saturated rings. The van der Waals surface area contributed by atoms with Crippen molar-refractivity contribution in [3.63, 3.8) is 0 Å². The van der Waals surface area contributed by atoms with E-state index in [1.54, 1.807) is 12.1 Å². The summed E-state index contributed by atoms with van der Waals surface area (Å²) in [7, 11) is 1.41. The Kier molecular flexibility index (Phi) is 5.51. The molecular weight excluding hydrogens is 395 g/mol. The van der Waals surface area contributed by atoms with E-state index in [1.165, 1.54) is 35.1 Å². The van der Waals surface area contributed by atoms with Gasteiger partial charge in [-0.1, -0.05) is 30.4 Å². The highest BCUT2D eigenvalue weighted by Crippen LogP contribution is 2.41. The van der Waals surface area contributed by atoms with Gasteiger partial charge in [-0.3, -0.25) is 9.69 Å². The van der Waals surface area contributed by atoms with Crippen LogP contribution in [0.5, 0.6) is 5.88 Å². The average molecular weight is 418 g/mol. The zero-order valence-corrected chi connectivity index (χ0v) is 17.2. The minimum absolute atomic E-state index is 0.0571. The summed E-state index contributed by atoms with van der Waals surface area (Å²) in [5.41, 5.74) is 0.874. The van der Waals surface area contributed by atoms with Crippen LogP contribution in [0.2, 0.25) is 0 Å². The van der Waals surface area contributed by atoms with Crippen molar-refractivity contribution in [2.24, 2.45) is 5.92 Å². The number of carbonyl (C=O) groups is 1. The summed E-state index contributed by atoms with van der Waals surface area (Å²) < 4.78 is 19.9. The van der Waals surface area contributed by atoms with Crippen LogP contribution in [0.3, 0.4) is 0 Å². The molecule has 1 aliphatic rings. The van der Waals surface area contributed by atoms with E-state index in [2.05, 4.69) is 15.0 Å². The van der Waals surface area contributed by atoms with Crippen molar-refractivity contribution in [1.82, 2.24) is 19.5 Å². The van der Waals surface area contributed by atoms with Crippen LogP contribution in [-0.2, 0) is 16.0 Å². The SMILES string of the molecule is CCc1nc2sc([C@@H](c3ccc(F)cc3)N3CCC(C(=O)OC)CC3)c(O)n2n1. The maximum absolute atomic E-state index is 13.5. The molecule has 7 nitrogen and oxygen atoms in total. The fourth-order valence-corrected chi connectivity index (χ4v) is 4.99. The van der Waals surface area contributed by atoms with Gasteiger partial charge in [-0.05, 0) is 43.6 Å². The van der Waals surface area contributed by atoms with Crippen molar-refractivity contribution in [2.75, 3.05) is 20.2 Å². The summed E-state index contributed by atoms with van der Waals surface area (Å²) >= 11 is 1.38. The molecule has 0 spiro atoms. The summed E-state index contributed by atoms with van der Waals surface area (Å²) in [6.45, 7) is 3.29. The molecule has 0 amide bonds. The van der Waals surface area contributed by atoms with Gasteiger partial charge in [0.05, 0.1) is 23.9 Å². The van der Waals surface area contributed by atoms with Crippen LogP contribution in [-0.4, -0.2) is 50.8 Å². The Balaban J connectivity index is 1.70. The Labute approximate surface area is 171 Å². The van der Waals surface area contributed by atoms with E-state index in [-0.39, 0.29) is 29.6 Å². The van der Waals surface area contributed by atoms with E-state index in [4.69, 9.17) is 4.74 Å². The number of halogens is 1. The molecule has 0 saturated carbocycles. The molecule has 4 rings (SSSR count). The number of aryl methyl sites for hydroxylation is 1. The van der Waals surface area contributed by atoms with Crippen LogP contribution in [0, 0.1) is 11.7 Å². The predicted molar refractivity (Wildman–Crippen MR) is 106 cm³/mol. The zero-order valence-electron chi connectivity index (χ0n) is 16.3. The van der Waals surface area contributed by atoms with Gasteiger partial charge in [-0.25, -0.2) is 9.37 Å². The first-order valence-corrected chi connectivity index (χ1v) is 10.5. The second-order valence-corrected chi connectivity index (χ2v) is 8.16. The summed E-state index contributed by atoms with van der Waals surface area (Å²) in [5.74, 6) is 0.123. The van der Waals surface area contributed by atoms with Crippen molar-refractivity contribution < 1.29 is 19.0 Å². The monoisotopic (exact) mass is 418 g/mol. The quantitative estimate of drug-likeness (QED) is 0.641. The van der Waals surface area contributed by atoms with Crippen molar-refractivity contribution in [2.45, 2.75) is 32.2 Å². The van der Waals surface area contributed by atoms with Crippen LogP contribution < -0.4 is 0 Å². The molecule has 0 aliphatic carbocycles. The highest BCUT2D eigenvalue weighted by Gasteiger charge is 2.34. The number of aromatic hydroxyl groups is 1. The molecule has 2 aromatic heterocycles. The summed E-state index contributed by atoms with van der Waals surface area (Å²) in [6.07, 6.45) is 2.03. The minimum atomic E-state index is -0.309. The van der Waals surface area contributed by atoms with Crippen molar-refractivity contribution in [1.29, 1.82) is 0 Å². The lowest BCUT2D eigenvalue weighted by Crippen LogP contribution is -2.39. The van der Waals surface area contributed by atoms with E-state index in [1.807, 2.05) is 6.92 Å². The van der Waals surface area contributed by atoms with E-state index in [9.17, 15) is 14.3 Å². The topological polar surface area (TPSA) is 80.0 Å². The van der Waals surface area contributed by atoms with Gasteiger partial charge in [0.15, 0.2) is 5.82 Å². The number of ether oxygens (including phenoxy) is 1. The number of hydrogen-bond acceptors (Lipinski definition) is 7. The van der Waals surface area contributed by atoms with E-state index < -0.39 is 0 Å². The third-order valence-corrected chi connectivity index (χ3v) is 6.50. The molecule has 1 N–H and O–H groups in total. The van der Waals surface area contributed by atoms with Crippen molar-refractivity contribution in [3.05, 3.63) is 46.3 Å². The van der Waals surface area contributed by atoms with Gasteiger partial charge in [-0.2, -0.15) is 4.52 Å². The standard InChI is InChI=1S/C20H23FN4O3S/c1-3-15-22-20-25(23-15)18(26)17(29-20)16(12-4-6-14(21)7-5-12)24-10-8-13(9-11-24)19(27)28-2/h4-7,13,16,26H,3,8-11H2,1-2H3/t16-/m1/s1. The lowest BCUT2D eigenvalue weighted by Gasteiger charge is -2.36. The second-order valence-electron chi connectivity index (χ2n) is 7.15. The largest absolute Gasteiger partial charge is 0.492 e. The van der Waals surface area contributed by atoms with Crippen LogP contribution in [0.25, 0.3) is 4.96 Å². The fourth-order valence-electron chi connectivity index (χ4n) is 3.85. The van der Waals surface area contributed by atoms with Crippen molar-refractivity contribution in [3.8, 4) is 5.88 Å². The van der Waals surface area contributed by atoms with E-state index >= 15 is 0 Å². The number of piperidine rings is 1. The normalized spacial score (nSPS) is 16.9. The van der Waals surface area contributed by atoms with Gasteiger partial charge in [0, 0.05) is 6.42 Å². The second kappa shape index (κ2) is 8.08. The Bertz CT molecular complexity index is 1010. The maximum Gasteiger partial charge on any atom is 0.308 e. The molecule has 0 bridgehead atoms. The zero-order chi connectivity index (χ0) is 20.5. The van der Waals surface area contributed by atoms with Crippen molar-refractivity contribution >= 4 is 22.3 Å². The molecular formula is C20H23FN4O3S. The van der Waals surface area contributed by atoms with E-state index in [0.717, 1.165) is 5.56 Å². The maximum atomic E-state index is 13.5. The Morgan fingerprint density at radius 2 is 2.03 bits per heavy atom. The fraction of sp³-hybridized carbons (Fsp3) is 0.450.